The summed E-state index contributed by atoms with van der Waals surface area (Å²) in [6.45, 7) is 1.55. The highest BCUT2D eigenvalue weighted by atomic mass is 32.2. The molecule has 0 aliphatic rings. The summed E-state index contributed by atoms with van der Waals surface area (Å²) in [5, 5.41) is 0. The number of esters is 1. The van der Waals surface area contributed by atoms with Gasteiger partial charge in [-0.25, -0.2) is 32.0 Å². The number of hydrogen-bond acceptors (Lipinski definition) is 6. The van der Waals surface area contributed by atoms with E-state index in [0.29, 0.717) is 0 Å². The largest absolute Gasteiger partial charge is 0.462 e. The number of carbonyl (C=O) groups excluding carboxylic acids is 1. The van der Waals surface area contributed by atoms with Crippen LogP contribution in [0.1, 0.15) is 35.2 Å². The van der Waals surface area contributed by atoms with Crippen molar-refractivity contribution in [3.8, 4) is 0 Å². The predicted molar refractivity (Wildman–Crippen MR) is 61.5 cm³/mol. The van der Waals surface area contributed by atoms with Crippen LogP contribution in [0.4, 0.5) is 8.78 Å². The van der Waals surface area contributed by atoms with Crippen molar-refractivity contribution in [3.63, 3.8) is 0 Å². The Labute approximate surface area is 108 Å². The van der Waals surface area contributed by atoms with Crippen molar-refractivity contribution < 1.29 is 26.7 Å². The first-order valence-corrected chi connectivity index (χ1v) is 7.29. The van der Waals surface area contributed by atoms with Gasteiger partial charge in [0, 0.05) is 12.5 Å². The van der Waals surface area contributed by atoms with Crippen molar-refractivity contribution in [3.05, 3.63) is 23.3 Å². The molecule has 0 aliphatic carbocycles. The highest BCUT2D eigenvalue weighted by Crippen LogP contribution is 2.21. The Balaban J connectivity index is 3.18. The van der Waals surface area contributed by atoms with Gasteiger partial charge in [0.2, 0.25) is 0 Å². The van der Waals surface area contributed by atoms with Crippen molar-refractivity contribution in [2.45, 2.75) is 19.1 Å². The summed E-state index contributed by atoms with van der Waals surface area (Å²) >= 11 is 0. The first-order chi connectivity index (χ1) is 8.74. The van der Waals surface area contributed by atoms with Gasteiger partial charge in [-0.1, -0.05) is 0 Å². The van der Waals surface area contributed by atoms with Crippen LogP contribution in [0.5, 0.6) is 0 Å². The third-order valence-electron chi connectivity index (χ3n) is 1.96. The summed E-state index contributed by atoms with van der Waals surface area (Å²) < 4.78 is 52.3. The van der Waals surface area contributed by atoms with Gasteiger partial charge in [0.05, 0.1) is 6.61 Å². The molecule has 0 amide bonds. The Bertz CT molecular complexity index is 575. The van der Waals surface area contributed by atoms with E-state index in [9.17, 15) is 22.0 Å². The van der Waals surface area contributed by atoms with Gasteiger partial charge in [-0.05, 0) is 6.92 Å². The van der Waals surface area contributed by atoms with Crippen LogP contribution in [0, 0.1) is 0 Å². The minimum Gasteiger partial charge on any atom is -0.462 e. The molecule has 106 valence electrons. The maximum absolute atomic E-state index is 12.8. The molecule has 0 unspecified atom stereocenters. The highest BCUT2D eigenvalue weighted by Gasteiger charge is 2.23. The molecule has 1 aromatic rings. The fraction of sp³-hybridized carbons (Fsp3) is 0.500. The number of nitrogens with zero attached hydrogens (tertiary/aromatic N) is 2. The summed E-state index contributed by atoms with van der Waals surface area (Å²) in [7, 11) is -3.45. The van der Waals surface area contributed by atoms with Crippen LogP contribution in [-0.4, -0.2) is 37.2 Å². The number of alkyl halides is 2. The number of aromatic nitrogens is 2. The molecule has 0 saturated heterocycles. The van der Waals surface area contributed by atoms with Gasteiger partial charge < -0.3 is 4.74 Å². The van der Waals surface area contributed by atoms with E-state index >= 15 is 0 Å². The van der Waals surface area contributed by atoms with Gasteiger partial charge in [-0.3, -0.25) is 0 Å². The lowest BCUT2D eigenvalue weighted by Crippen LogP contribution is -2.14. The van der Waals surface area contributed by atoms with Crippen molar-refractivity contribution in [1.29, 1.82) is 0 Å². The molecule has 0 fully saturated rings. The summed E-state index contributed by atoms with van der Waals surface area (Å²) in [6.07, 6.45) is -1.24. The van der Waals surface area contributed by atoms with E-state index in [2.05, 4.69) is 14.7 Å². The number of hydrogen-bond donors (Lipinski definition) is 0. The fourth-order valence-corrected chi connectivity index (χ4v) is 1.88. The molecule has 0 aromatic carbocycles. The Morgan fingerprint density at radius 2 is 2.11 bits per heavy atom. The molecule has 0 N–H and O–H groups in total. The van der Waals surface area contributed by atoms with E-state index < -0.39 is 39.2 Å². The second-order valence-electron chi connectivity index (χ2n) is 3.68. The summed E-state index contributed by atoms with van der Waals surface area (Å²) in [5.74, 6) is -1.83. The minimum atomic E-state index is -3.45. The van der Waals surface area contributed by atoms with E-state index in [1.54, 1.807) is 0 Å². The van der Waals surface area contributed by atoms with Crippen LogP contribution in [0.3, 0.4) is 0 Å². The standard InChI is InChI=1S/C10H12F2N2O4S/c1-3-18-10(15)6-4-13-7(5-19(2,16)17)14-8(6)9(11)12/h4,9H,3,5H2,1-2H3. The lowest BCUT2D eigenvalue weighted by atomic mass is 10.2. The van der Waals surface area contributed by atoms with Crippen molar-refractivity contribution in [1.82, 2.24) is 9.97 Å². The lowest BCUT2D eigenvalue weighted by molar-refractivity contribution is 0.0512. The number of sulfone groups is 1. The van der Waals surface area contributed by atoms with Gasteiger partial charge in [-0.2, -0.15) is 0 Å². The molecule has 1 heterocycles. The maximum atomic E-state index is 12.8. The molecule has 0 spiro atoms. The summed E-state index contributed by atoms with van der Waals surface area (Å²) in [4.78, 5) is 18.4. The lowest BCUT2D eigenvalue weighted by Gasteiger charge is -2.08. The zero-order chi connectivity index (χ0) is 14.6. The molecule has 1 aromatic heterocycles. The maximum Gasteiger partial charge on any atom is 0.341 e. The van der Waals surface area contributed by atoms with Gasteiger partial charge in [0.1, 0.15) is 22.8 Å². The van der Waals surface area contributed by atoms with E-state index in [1.165, 1.54) is 6.92 Å². The molecular weight excluding hydrogens is 282 g/mol. The fourth-order valence-electron chi connectivity index (χ4n) is 1.27. The Hall–Kier alpha value is -1.64. The number of halogens is 2. The average Bonchev–Trinajstić information content (AvgIpc) is 2.26. The summed E-state index contributed by atoms with van der Waals surface area (Å²) in [5.41, 5.74) is -1.29. The van der Waals surface area contributed by atoms with Crippen LogP contribution in [0.15, 0.2) is 6.20 Å². The monoisotopic (exact) mass is 294 g/mol. The number of rotatable bonds is 5. The smallest absolute Gasteiger partial charge is 0.341 e. The summed E-state index contributed by atoms with van der Waals surface area (Å²) in [6, 6.07) is 0. The molecule has 6 nitrogen and oxygen atoms in total. The normalized spacial score (nSPS) is 11.6. The molecule has 0 aliphatic heterocycles. The Morgan fingerprint density at radius 3 is 2.58 bits per heavy atom. The molecule has 1 rings (SSSR count). The predicted octanol–water partition coefficient (Wildman–Crippen LogP) is 1.14. The molecule has 0 atom stereocenters. The minimum absolute atomic E-state index is 0.0204. The van der Waals surface area contributed by atoms with Gasteiger partial charge in [0.25, 0.3) is 6.43 Å². The first-order valence-electron chi connectivity index (χ1n) is 5.23. The van der Waals surface area contributed by atoms with Crippen LogP contribution in [0.2, 0.25) is 0 Å². The van der Waals surface area contributed by atoms with E-state index in [-0.39, 0.29) is 12.4 Å². The Kier molecular flexibility index (Phi) is 4.87. The number of carbonyl (C=O) groups is 1. The SMILES string of the molecule is CCOC(=O)c1cnc(CS(C)(=O)=O)nc1C(F)F. The van der Waals surface area contributed by atoms with Crippen molar-refractivity contribution in [2.75, 3.05) is 12.9 Å². The van der Waals surface area contributed by atoms with Crippen molar-refractivity contribution >= 4 is 15.8 Å². The number of ether oxygens (including phenoxy) is 1. The van der Waals surface area contributed by atoms with E-state index in [1.807, 2.05) is 0 Å². The average molecular weight is 294 g/mol. The highest BCUT2D eigenvalue weighted by molar-refractivity contribution is 7.89. The van der Waals surface area contributed by atoms with Crippen LogP contribution in [-0.2, 0) is 20.3 Å². The topological polar surface area (TPSA) is 86.2 Å². The van der Waals surface area contributed by atoms with E-state index in [0.717, 1.165) is 12.5 Å². The van der Waals surface area contributed by atoms with Gasteiger partial charge >= 0.3 is 5.97 Å². The Morgan fingerprint density at radius 1 is 1.47 bits per heavy atom. The molecule has 0 radical (unpaired) electrons. The second kappa shape index (κ2) is 6.00. The molecule has 19 heavy (non-hydrogen) atoms. The van der Waals surface area contributed by atoms with Crippen LogP contribution >= 0.6 is 0 Å². The molecule has 9 heteroatoms. The third-order valence-corrected chi connectivity index (χ3v) is 2.74. The zero-order valence-corrected chi connectivity index (χ0v) is 11.1. The van der Waals surface area contributed by atoms with Crippen LogP contribution < -0.4 is 0 Å². The van der Waals surface area contributed by atoms with Crippen LogP contribution in [0.25, 0.3) is 0 Å². The molecule has 0 saturated carbocycles. The second-order valence-corrected chi connectivity index (χ2v) is 5.82. The third kappa shape index (κ3) is 4.51. The quantitative estimate of drug-likeness (QED) is 0.757. The van der Waals surface area contributed by atoms with Gasteiger partial charge in [0.15, 0.2) is 9.84 Å². The molecular formula is C10H12F2N2O4S. The van der Waals surface area contributed by atoms with Crippen molar-refractivity contribution in [2.24, 2.45) is 0 Å². The van der Waals surface area contributed by atoms with Gasteiger partial charge in [-0.15, -0.1) is 0 Å². The van der Waals surface area contributed by atoms with E-state index in [4.69, 9.17) is 0 Å². The molecule has 0 bridgehead atoms. The first kappa shape index (κ1) is 15.4. The zero-order valence-electron chi connectivity index (χ0n) is 10.3.